The minimum atomic E-state index is -0.549. The van der Waals surface area contributed by atoms with Gasteiger partial charge in [-0.2, -0.15) is 9.37 Å². The van der Waals surface area contributed by atoms with Gasteiger partial charge >= 0.3 is 0 Å². The highest BCUT2D eigenvalue weighted by atomic mass is 35.5. The molecule has 2 rings (SSSR count). The zero-order valence-corrected chi connectivity index (χ0v) is 11.3. The molecule has 0 radical (unpaired) electrons. The first-order chi connectivity index (χ1) is 9.19. The number of ether oxygens (including phenoxy) is 1. The lowest BCUT2D eigenvalue weighted by Gasteiger charge is -2.31. The number of pyridine rings is 1. The fraction of sp³-hybridized carbons (Fsp3) is 0.538. The highest BCUT2D eigenvalue weighted by Gasteiger charge is 2.23. The van der Waals surface area contributed by atoms with Gasteiger partial charge < -0.3 is 9.64 Å². The van der Waals surface area contributed by atoms with Gasteiger partial charge in [0.05, 0.1) is 0 Å². The van der Waals surface area contributed by atoms with Gasteiger partial charge in [-0.1, -0.05) is 6.07 Å². The van der Waals surface area contributed by atoms with Crippen LogP contribution in [0.4, 0.5) is 4.39 Å². The van der Waals surface area contributed by atoms with E-state index in [1.54, 1.807) is 17.0 Å². The summed E-state index contributed by atoms with van der Waals surface area (Å²) >= 11 is 5.55. The number of carbonyl (C=O) groups excluding carboxylic acids is 1. The maximum Gasteiger partial charge on any atom is 0.223 e. The molecule has 0 saturated carbocycles. The van der Waals surface area contributed by atoms with E-state index in [2.05, 4.69) is 4.98 Å². The van der Waals surface area contributed by atoms with Crippen molar-refractivity contribution in [2.24, 2.45) is 0 Å². The smallest absolute Gasteiger partial charge is 0.223 e. The van der Waals surface area contributed by atoms with E-state index in [9.17, 15) is 9.18 Å². The molecule has 4 nitrogen and oxygen atoms in total. The number of halogens is 2. The fourth-order valence-corrected chi connectivity index (χ4v) is 2.25. The average Bonchev–Trinajstić information content (AvgIpc) is 2.40. The standard InChI is InChI=1S/C13H16ClFN2O2/c14-7-4-13(18)17-8-5-10(6-9-17)19-12-3-1-2-11(15)16-12/h1-3,10H,4-9H2. The number of alkyl halides is 1. The van der Waals surface area contributed by atoms with Gasteiger partial charge in [-0.3, -0.25) is 4.79 Å². The lowest BCUT2D eigenvalue weighted by atomic mass is 10.1. The molecule has 0 aromatic carbocycles. The van der Waals surface area contributed by atoms with E-state index in [1.807, 2.05) is 0 Å². The van der Waals surface area contributed by atoms with Crippen molar-refractivity contribution >= 4 is 17.5 Å². The lowest BCUT2D eigenvalue weighted by molar-refractivity contribution is -0.132. The summed E-state index contributed by atoms with van der Waals surface area (Å²) in [6.45, 7) is 1.30. The van der Waals surface area contributed by atoms with Crippen LogP contribution in [-0.4, -0.2) is 40.9 Å². The second-order valence-electron chi connectivity index (χ2n) is 4.44. The van der Waals surface area contributed by atoms with Crippen molar-refractivity contribution in [1.29, 1.82) is 0 Å². The van der Waals surface area contributed by atoms with Crippen LogP contribution < -0.4 is 4.74 Å². The van der Waals surface area contributed by atoms with E-state index in [0.29, 0.717) is 31.3 Å². The summed E-state index contributed by atoms with van der Waals surface area (Å²) in [7, 11) is 0. The molecule has 1 aliphatic rings. The molecule has 1 fully saturated rings. The van der Waals surface area contributed by atoms with Crippen molar-refractivity contribution in [1.82, 2.24) is 9.88 Å². The third kappa shape index (κ3) is 4.06. The molecule has 1 aliphatic heterocycles. The number of hydrogen-bond donors (Lipinski definition) is 0. The highest BCUT2D eigenvalue weighted by Crippen LogP contribution is 2.18. The number of nitrogens with zero attached hydrogens (tertiary/aromatic N) is 2. The topological polar surface area (TPSA) is 42.4 Å². The first-order valence-corrected chi connectivity index (χ1v) is 6.85. The van der Waals surface area contributed by atoms with Crippen molar-refractivity contribution in [3.8, 4) is 5.88 Å². The zero-order valence-electron chi connectivity index (χ0n) is 10.5. The number of amides is 1. The normalized spacial score (nSPS) is 16.4. The summed E-state index contributed by atoms with van der Waals surface area (Å²) in [5.74, 6) is 0.178. The van der Waals surface area contributed by atoms with Gasteiger partial charge in [-0.05, 0) is 6.07 Å². The monoisotopic (exact) mass is 286 g/mol. The number of hydrogen-bond acceptors (Lipinski definition) is 3. The first kappa shape index (κ1) is 14.1. The molecule has 0 aliphatic carbocycles. The summed E-state index contributed by atoms with van der Waals surface area (Å²) in [4.78, 5) is 17.1. The Morgan fingerprint density at radius 3 is 2.84 bits per heavy atom. The van der Waals surface area contributed by atoms with Gasteiger partial charge in [0.25, 0.3) is 0 Å². The molecule has 1 aromatic heterocycles. The zero-order chi connectivity index (χ0) is 13.7. The van der Waals surface area contributed by atoms with Crippen LogP contribution in [0.3, 0.4) is 0 Å². The van der Waals surface area contributed by atoms with Crippen molar-refractivity contribution in [3.63, 3.8) is 0 Å². The highest BCUT2D eigenvalue weighted by molar-refractivity contribution is 6.18. The second kappa shape index (κ2) is 6.70. The molecule has 0 atom stereocenters. The number of rotatable bonds is 4. The minimum Gasteiger partial charge on any atom is -0.474 e. The van der Waals surface area contributed by atoms with Crippen molar-refractivity contribution in [2.75, 3.05) is 19.0 Å². The van der Waals surface area contributed by atoms with Crippen molar-refractivity contribution in [2.45, 2.75) is 25.4 Å². The van der Waals surface area contributed by atoms with E-state index >= 15 is 0 Å². The lowest BCUT2D eigenvalue weighted by Crippen LogP contribution is -2.41. The predicted molar refractivity (Wildman–Crippen MR) is 69.8 cm³/mol. The molecule has 1 saturated heterocycles. The van der Waals surface area contributed by atoms with E-state index in [-0.39, 0.29) is 12.0 Å². The summed E-state index contributed by atoms with van der Waals surface area (Å²) in [6.07, 6.45) is 1.81. The molecule has 0 spiro atoms. The Balaban J connectivity index is 1.82. The molecule has 0 N–H and O–H groups in total. The Labute approximate surface area is 116 Å². The average molecular weight is 287 g/mol. The fourth-order valence-electron chi connectivity index (χ4n) is 2.09. The number of likely N-dealkylation sites (tertiary alicyclic amines) is 1. The Morgan fingerprint density at radius 2 is 2.21 bits per heavy atom. The van der Waals surface area contributed by atoms with E-state index < -0.39 is 5.95 Å². The van der Waals surface area contributed by atoms with Gasteiger partial charge in [0.1, 0.15) is 6.10 Å². The van der Waals surface area contributed by atoms with Crippen LogP contribution in [0.5, 0.6) is 5.88 Å². The van der Waals surface area contributed by atoms with Gasteiger partial charge in [0.2, 0.25) is 17.7 Å². The molecular weight excluding hydrogens is 271 g/mol. The van der Waals surface area contributed by atoms with E-state index in [4.69, 9.17) is 16.3 Å². The van der Waals surface area contributed by atoms with Crippen LogP contribution in [0.25, 0.3) is 0 Å². The maximum atomic E-state index is 12.9. The van der Waals surface area contributed by atoms with Gasteiger partial charge in [-0.15, -0.1) is 11.6 Å². The largest absolute Gasteiger partial charge is 0.474 e. The van der Waals surface area contributed by atoms with Crippen LogP contribution in [0.1, 0.15) is 19.3 Å². The molecule has 0 bridgehead atoms. The number of carbonyl (C=O) groups is 1. The third-order valence-corrected chi connectivity index (χ3v) is 3.27. The Bertz CT molecular complexity index is 436. The number of aromatic nitrogens is 1. The summed E-state index contributed by atoms with van der Waals surface area (Å²) in [6, 6.07) is 4.48. The summed E-state index contributed by atoms with van der Waals surface area (Å²) in [5, 5.41) is 0. The molecule has 1 aromatic rings. The van der Waals surface area contributed by atoms with Crippen LogP contribution in [0.2, 0.25) is 0 Å². The molecule has 1 amide bonds. The van der Waals surface area contributed by atoms with Crippen LogP contribution in [0, 0.1) is 5.95 Å². The van der Waals surface area contributed by atoms with Gasteiger partial charge in [-0.25, -0.2) is 0 Å². The molecule has 0 unspecified atom stereocenters. The van der Waals surface area contributed by atoms with Crippen LogP contribution >= 0.6 is 11.6 Å². The predicted octanol–water partition coefficient (Wildman–Crippen LogP) is 2.22. The van der Waals surface area contributed by atoms with E-state index in [0.717, 1.165) is 12.8 Å². The summed E-state index contributed by atoms with van der Waals surface area (Å²) in [5.41, 5.74) is 0. The number of piperidine rings is 1. The molecular formula is C13H16ClFN2O2. The van der Waals surface area contributed by atoms with Crippen LogP contribution in [0.15, 0.2) is 18.2 Å². The Kier molecular flexibility index (Phi) is 4.96. The Morgan fingerprint density at radius 1 is 1.47 bits per heavy atom. The third-order valence-electron chi connectivity index (χ3n) is 3.08. The molecule has 104 valence electrons. The van der Waals surface area contributed by atoms with Gasteiger partial charge in [0, 0.05) is 44.3 Å². The van der Waals surface area contributed by atoms with Crippen LogP contribution in [-0.2, 0) is 4.79 Å². The second-order valence-corrected chi connectivity index (χ2v) is 4.81. The summed E-state index contributed by atoms with van der Waals surface area (Å²) < 4.78 is 18.5. The SMILES string of the molecule is O=C(CCCl)N1CCC(Oc2cccc(F)n2)CC1. The molecule has 6 heteroatoms. The van der Waals surface area contributed by atoms with Crippen molar-refractivity contribution < 1.29 is 13.9 Å². The molecule has 2 heterocycles. The Hall–Kier alpha value is -1.36. The maximum absolute atomic E-state index is 12.9. The molecule has 19 heavy (non-hydrogen) atoms. The van der Waals surface area contributed by atoms with Crippen molar-refractivity contribution in [3.05, 3.63) is 24.1 Å². The first-order valence-electron chi connectivity index (χ1n) is 6.32. The van der Waals surface area contributed by atoms with Gasteiger partial charge in [0.15, 0.2) is 0 Å². The van der Waals surface area contributed by atoms with E-state index in [1.165, 1.54) is 6.07 Å². The minimum absolute atomic E-state index is 0.0191. The quantitative estimate of drug-likeness (QED) is 0.630.